The molecule has 3 aromatic rings. The van der Waals surface area contributed by atoms with Crippen LogP contribution in [0.3, 0.4) is 0 Å². The van der Waals surface area contributed by atoms with Gasteiger partial charge in [-0.3, -0.25) is 4.79 Å². The molecule has 0 saturated heterocycles. The molecule has 0 spiro atoms. The number of aromatic amines is 1. The number of H-pyrrole nitrogens is 1. The summed E-state index contributed by atoms with van der Waals surface area (Å²) in [7, 11) is -4.37. The third kappa shape index (κ3) is 3.29. The van der Waals surface area contributed by atoms with Crippen molar-refractivity contribution in [2.75, 3.05) is 4.41 Å². The Morgan fingerprint density at radius 2 is 1.65 bits per heavy atom. The largest absolute Gasteiger partial charge is 0.312 e. The standard InChI is InChI=1S/C15H11Cl2N5O3S/c16-10-7-4-8-11(17)12(10)22(18)26(24,25)15-19-14(20-21-15)13(23)9-5-2-1-3-6-9/h1-8H,18H2,(H,19,20,21). The lowest BCUT2D eigenvalue weighted by Gasteiger charge is -2.19. The van der Waals surface area contributed by atoms with Gasteiger partial charge in [-0.2, -0.15) is 17.8 Å². The van der Waals surface area contributed by atoms with Gasteiger partial charge in [-0.05, 0) is 12.1 Å². The molecule has 2 aromatic carbocycles. The summed E-state index contributed by atoms with van der Waals surface area (Å²) in [6.45, 7) is 0. The molecular formula is C15H11Cl2N5O3S. The number of carbonyl (C=O) groups excluding carboxylic acids is 1. The number of sulfonamides is 1. The predicted octanol–water partition coefficient (Wildman–Crippen LogP) is 2.41. The number of nitrogens with one attached hydrogen (secondary N) is 1. The Morgan fingerprint density at radius 3 is 2.27 bits per heavy atom. The predicted molar refractivity (Wildman–Crippen MR) is 96.6 cm³/mol. The van der Waals surface area contributed by atoms with E-state index in [0.29, 0.717) is 9.98 Å². The number of benzene rings is 2. The molecule has 8 nitrogen and oxygen atoms in total. The maximum Gasteiger partial charge on any atom is 0.312 e. The van der Waals surface area contributed by atoms with Gasteiger partial charge in [-0.25, -0.2) is 10.9 Å². The zero-order valence-corrected chi connectivity index (χ0v) is 15.3. The van der Waals surface area contributed by atoms with Crippen molar-refractivity contribution < 1.29 is 13.2 Å². The highest BCUT2D eigenvalue weighted by atomic mass is 35.5. The number of aromatic nitrogens is 3. The second kappa shape index (κ2) is 7.04. The first-order valence-corrected chi connectivity index (χ1v) is 9.28. The van der Waals surface area contributed by atoms with Crippen molar-refractivity contribution in [1.82, 2.24) is 15.2 Å². The maximum atomic E-state index is 12.6. The van der Waals surface area contributed by atoms with Crippen molar-refractivity contribution >= 4 is 44.7 Å². The lowest BCUT2D eigenvalue weighted by molar-refractivity contribution is 0.102. The summed E-state index contributed by atoms with van der Waals surface area (Å²) in [4.78, 5) is 16.1. The molecule has 26 heavy (non-hydrogen) atoms. The Bertz CT molecular complexity index is 1050. The molecule has 134 valence electrons. The first-order chi connectivity index (χ1) is 12.3. The highest BCUT2D eigenvalue weighted by molar-refractivity contribution is 7.92. The summed E-state index contributed by atoms with van der Waals surface area (Å²) < 4.78 is 25.7. The molecule has 0 fully saturated rings. The van der Waals surface area contributed by atoms with Gasteiger partial charge in [0.1, 0.15) is 5.69 Å². The van der Waals surface area contributed by atoms with Crippen molar-refractivity contribution in [2.24, 2.45) is 5.84 Å². The van der Waals surface area contributed by atoms with Crippen LogP contribution in [0.1, 0.15) is 16.2 Å². The summed E-state index contributed by atoms with van der Waals surface area (Å²) >= 11 is 12.0. The van der Waals surface area contributed by atoms with E-state index in [4.69, 9.17) is 29.0 Å². The van der Waals surface area contributed by atoms with Crippen LogP contribution in [0.25, 0.3) is 0 Å². The first kappa shape index (κ1) is 18.3. The fourth-order valence-corrected chi connectivity index (χ4v) is 3.76. The molecule has 0 bridgehead atoms. The normalized spacial score (nSPS) is 11.3. The molecule has 0 aliphatic carbocycles. The van der Waals surface area contributed by atoms with E-state index in [2.05, 4.69) is 15.2 Å². The SMILES string of the molecule is NN(c1c(Cl)cccc1Cl)S(=O)(=O)c1nc(C(=O)c2ccccc2)n[nH]1. The van der Waals surface area contributed by atoms with Crippen LogP contribution in [0.15, 0.2) is 53.7 Å². The molecule has 0 amide bonds. The number of rotatable bonds is 5. The van der Waals surface area contributed by atoms with Gasteiger partial charge in [0.25, 0.3) is 5.16 Å². The number of anilines is 1. The molecule has 3 N–H and O–H groups in total. The highest BCUT2D eigenvalue weighted by Crippen LogP contribution is 2.34. The topological polar surface area (TPSA) is 122 Å². The van der Waals surface area contributed by atoms with E-state index in [1.165, 1.54) is 12.1 Å². The van der Waals surface area contributed by atoms with E-state index in [9.17, 15) is 13.2 Å². The molecule has 0 aliphatic heterocycles. The van der Waals surface area contributed by atoms with Crippen molar-refractivity contribution in [3.8, 4) is 0 Å². The third-order valence-corrected chi connectivity index (χ3v) is 5.35. The van der Waals surface area contributed by atoms with Crippen molar-refractivity contribution in [2.45, 2.75) is 5.16 Å². The first-order valence-electron chi connectivity index (χ1n) is 7.08. The van der Waals surface area contributed by atoms with Gasteiger partial charge in [-0.1, -0.05) is 59.6 Å². The Labute approximate surface area is 158 Å². The number of ketones is 1. The molecule has 0 atom stereocenters. The Kier molecular flexibility index (Phi) is 4.97. The van der Waals surface area contributed by atoms with Crippen molar-refractivity contribution in [1.29, 1.82) is 0 Å². The van der Waals surface area contributed by atoms with E-state index in [1.54, 1.807) is 36.4 Å². The molecule has 0 aliphatic rings. The number of hydrogen-bond donors (Lipinski definition) is 2. The van der Waals surface area contributed by atoms with Crippen LogP contribution in [-0.4, -0.2) is 29.4 Å². The number of nitrogens with two attached hydrogens (primary N) is 1. The molecule has 1 heterocycles. The summed E-state index contributed by atoms with van der Waals surface area (Å²) in [5, 5.41) is 5.32. The summed E-state index contributed by atoms with van der Waals surface area (Å²) in [6, 6.07) is 12.6. The molecule has 1 aromatic heterocycles. The van der Waals surface area contributed by atoms with Crippen LogP contribution in [0.5, 0.6) is 0 Å². The lowest BCUT2D eigenvalue weighted by atomic mass is 10.1. The fraction of sp³-hybridized carbons (Fsp3) is 0. The van der Waals surface area contributed by atoms with Crippen molar-refractivity contribution in [3.05, 3.63) is 70.0 Å². The number of hydrogen-bond acceptors (Lipinski definition) is 6. The fourth-order valence-electron chi connectivity index (χ4n) is 2.10. The molecular weight excluding hydrogens is 401 g/mol. The third-order valence-electron chi connectivity index (χ3n) is 3.37. The van der Waals surface area contributed by atoms with E-state index in [1.807, 2.05) is 0 Å². The van der Waals surface area contributed by atoms with Gasteiger partial charge in [-0.15, -0.1) is 5.10 Å². The van der Waals surface area contributed by atoms with Gasteiger partial charge in [0, 0.05) is 5.56 Å². The Morgan fingerprint density at radius 1 is 1.04 bits per heavy atom. The smallest absolute Gasteiger partial charge is 0.285 e. The Hall–Kier alpha value is -2.46. The number of carbonyl (C=O) groups is 1. The van der Waals surface area contributed by atoms with Crippen LogP contribution in [0, 0.1) is 0 Å². The Balaban J connectivity index is 1.96. The minimum atomic E-state index is -4.37. The summed E-state index contributed by atoms with van der Waals surface area (Å²) in [5.74, 6) is 4.86. The minimum Gasteiger partial charge on any atom is -0.285 e. The number of para-hydroxylation sites is 1. The molecule has 11 heteroatoms. The average molecular weight is 412 g/mol. The second-order valence-electron chi connectivity index (χ2n) is 5.03. The van der Waals surface area contributed by atoms with Crippen LogP contribution in [0.4, 0.5) is 5.69 Å². The van der Waals surface area contributed by atoms with Crippen LogP contribution in [0.2, 0.25) is 10.0 Å². The zero-order chi connectivity index (χ0) is 18.9. The summed E-state index contributed by atoms with van der Waals surface area (Å²) in [6.07, 6.45) is 0. The van der Waals surface area contributed by atoms with Crippen LogP contribution in [-0.2, 0) is 10.0 Å². The maximum absolute atomic E-state index is 12.6. The van der Waals surface area contributed by atoms with E-state index in [0.717, 1.165) is 0 Å². The molecule has 0 unspecified atom stereocenters. The number of hydrazine groups is 1. The lowest BCUT2D eigenvalue weighted by Crippen LogP contribution is -2.38. The van der Waals surface area contributed by atoms with Gasteiger partial charge in [0.15, 0.2) is 0 Å². The second-order valence-corrected chi connectivity index (χ2v) is 7.58. The monoisotopic (exact) mass is 411 g/mol. The van der Waals surface area contributed by atoms with Gasteiger partial charge in [0.05, 0.1) is 10.0 Å². The minimum absolute atomic E-state index is 0.0312. The van der Waals surface area contributed by atoms with E-state index >= 15 is 0 Å². The molecule has 3 rings (SSSR count). The van der Waals surface area contributed by atoms with Gasteiger partial charge < -0.3 is 0 Å². The van der Waals surface area contributed by atoms with E-state index in [-0.39, 0.29) is 21.6 Å². The van der Waals surface area contributed by atoms with Crippen LogP contribution >= 0.6 is 23.2 Å². The van der Waals surface area contributed by atoms with Crippen molar-refractivity contribution in [3.63, 3.8) is 0 Å². The van der Waals surface area contributed by atoms with Crippen LogP contribution < -0.4 is 10.3 Å². The number of nitrogens with zero attached hydrogens (tertiary/aromatic N) is 3. The zero-order valence-electron chi connectivity index (χ0n) is 12.9. The average Bonchev–Trinajstić information content (AvgIpc) is 3.12. The number of halogens is 2. The van der Waals surface area contributed by atoms with Gasteiger partial charge in [0.2, 0.25) is 11.6 Å². The summed E-state index contributed by atoms with van der Waals surface area (Å²) in [5.41, 5.74) is 0.192. The highest BCUT2D eigenvalue weighted by Gasteiger charge is 2.30. The van der Waals surface area contributed by atoms with E-state index < -0.39 is 21.0 Å². The van der Waals surface area contributed by atoms with Gasteiger partial charge >= 0.3 is 10.0 Å². The quantitative estimate of drug-likeness (QED) is 0.377. The molecule has 0 saturated carbocycles. The molecule has 0 radical (unpaired) electrons.